The zero-order chi connectivity index (χ0) is 13.2. The monoisotopic (exact) mass is 252 g/mol. The summed E-state index contributed by atoms with van der Waals surface area (Å²) in [6.07, 6.45) is 6.65. The molecule has 0 radical (unpaired) electrons. The Morgan fingerprint density at radius 1 is 1.22 bits per heavy atom. The number of nitrogens with one attached hydrogen (secondary N) is 1. The second kappa shape index (κ2) is 5.60. The van der Waals surface area contributed by atoms with E-state index in [2.05, 4.69) is 31.0 Å². The van der Waals surface area contributed by atoms with Gasteiger partial charge in [0.1, 0.15) is 0 Å². The molecular weight excluding hydrogens is 224 g/mol. The molecule has 1 heterocycles. The van der Waals surface area contributed by atoms with Crippen molar-refractivity contribution in [2.24, 2.45) is 11.8 Å². The lowest BCUT2D eigenvalue weighted by Gasteiger charge is -2.24. The highest BCUT2D eigenvalue weighted by Gasteiger charge is 2.31. The Morgan fingerprint density at radius 2 is 1.89 bits per heavy atom. The Kier molecular flexibility index (Phi) is 4.31. The molecular formula is C15H28N2O. The molecule has 0 aromatic rings. The number of amides is 1. The highest BCUT2D eigenvalue weighted by Crippen LogP contribution is 2.27. The van der Waals surface area contributed by atoms with Crippen LogP contribution in [-0.2, 0) is 4.79 Å². The third-order valence-electron chi connectivity index (χ3n) is 4.13. The zero-order valence-electron chi connectivity index (χ0n) is 12.2. The molecule has 3 heteroatoms. The lowest BCUT2D eigenvalue weighted by atomic mass is 10.0. The van der Waals surface area contributed by atoms with E-state index >= 15 is 0 Å². The molecule has 0 aromatic heterocycles. The summed E-state index contributed by atoms with van der Waals surface area (Å²) in [5.41, 5.74) is -0.101. The van der Waals surface area contributed by atoms with E-state index in [1.165, 1.54) is 32.2 Å². The zero-order valence-corrected chi connectivity index (χ0v) is 12.2. The fraction of sp³-hybridized carbons (Fsp3) is 0.933. The second-order valence-electron chi connectivity index (χ2n) is 7.13. The topological polar surface area (TPSA) is 32.3 Å². The van der Waals surface area contributed by atoms with Crippen LogP contribution in [0.2, 0.25) is 0 Å². The molecule has 1 saturated carbocycles. The summed E-state index contributed by atoms with van der Waals surface area (Å²) in [5, 5.41) is 3.11. The molecule has 3 nitrogen and oxygen atoms in total. The van der Waals surface area contributed by atoms with Crippen LogP contribution in [0.15, 0.2) is 0 Å². The number of nitrogens with zero attached hydrogens (tertiary/aromatic N) is 1. The number of carbonyl (C=O) groups excluding carboxylic acids is 1. The quantitative estimate of drug-likeness (QED) is 0.836. The third kappa shape index (κ3) is 3.98. The maximum absolute atomic E-state index is 12.1. The van der Waals surface area contributed by atoms with Gasteiger partial charge in [-0.1, -0.05) is 12.8 Å². The summed E-state index contributed by atoms with van der Waals surface area (Å²) in [4.78, 5) is 14.6. The molecule has 1 saturated heterocycles. The van der Waals surface area contributed by atoms with Gasteiger partial charge in [-0.15, -0.1) is 0 Å². The number of carbonyl (C=O) groups is 1. The van der Waals surface area contributed by atoms with Crippen LogP contribution in [0.1, 0.15) is 52.9 Å². The van der Waals surface area contributed by atoms with E-state index in [-0.39, 0.29) is 17.4 Å². The first-order valence-corrected chi connectivity index (χ1v) is 7.48. The highest BCUT2D eigenvalue weighted by molar-refractivity contribution is 5.79. The highest BCUT2D eigenvalue weighted by atomic mass is 16.2. The summed E-state index contributed by atoms with van der Waals surface area (Å²) in [7, 11) is 0. The molecule has 1 unspecified atom stereocenters. The Labute approximate surface area is 111 Å². The molecule has 2 aliphatic rings. The Morgan fingerprint density at radius 3 is 2.50 bits per heavy atom. The summed E-state index contributed by atoms with van der Waals surface area (Å²) < 4.78 is 0. The van der Waals surface area contributed by atoms with E-state index in [0.717, 1.165) is 25.4 Å². The van der Waals surface area contributed by atoms with Crippen molar-refractivity contribution in [1.29, 1.82) is 0 Å². The lowest BCUT2D eigenvalue weighted by molar-refractivity contribution is -0.126. The fourth-order valence-electron chi connectivity index (χ4n) is 3.24. The van der Waals surface area contributed by atoms with Gasteiger partial charge in [0.2, 0.25) is 5.91 Å². The first-order valence-electron chi connectivity index (χ1n) is 7.48. The van der Waals surface area contributed by atoms with Gasteiger partial charge in [-0.2, -0.15) is 0 Å². The van der Waals surface area contributed by atoms with Gasteiger partial charge in [0.05, 0.1) is 5.92 Å². The standard InChI is InChI=1S/C15H28N2O/c1-15(2,3)16-14(18)13-8-9-17(11-13)10-12-6-4-5-7-12/h12-13H,4-11H2,1-3H3,(H,16,18). The van der Waals surface area contributed by atoms with Gasteiger partial charge in [-0.3, -0.25) is 4.79 Å². The van der Waals surface area contributed by atoms with Gasteiger partial charge in [0.25, 0.3) is 0 Å². The average molecular weight is 252 g/mol. The number of hydrogen-bond acceptors (Lipinski definition) is 2. The van der Waals surface area contributed by atoms with Crippen molar-refractivity contribution in [3.63, 3.8) is 0 Å². The van der Waals surface area contributed by atoms with Crippen LogP contribution in [0.25, 0.3) is 0 Å². The van der Waals surface area contributed by atoms with Gasteiger partial charge in [0.15, 0.2) is 0 Å². The van der Waals surface area contributed by atoms with Crippen molar-refractivity contribution in [3.8, 4) is 0 Å². The first kappa shape index (κ1) is 13.9. The van der Waals surface area contributed by atoms with E-state index in [0.29, 0.717) is 0 Å². The van der Waals surface area contributed by atoms with Crippen LogP contribution >= 0.6 is 0 Å². The lowest BCUT2D eigenvalue weighted by Crippen LogP contribution is -2.44. The molecule has 1 aliphatic carbocycles. The molecule has 0 aromatic carbocycles. The molecule has 1 amide bonds. The van der Waals surface area contributed by atoms with Crippen molar-refractivity contribution in [2.45, 2.75) is 58.4 Å². The van der Waals surface area contributed by atoms with Crippen LogP contribution < -0.4 is 5.32 Å². The van der Waals surface area contributed by atoms with Crippen molar-refractivity contribution in [1.82, 2.24) is 10.2 Å². The van der Waals surface area contributed by atoms with Crippen LogP contribution in [0, 0.1) is 11.8 Å². The molecule has 104 valence electrons. The molecule has 2 rings (SSSR count). The van der Waals surface area contributed by atoms with E-state index < -0.39 is 0 Å². The maximum atomic E-state index is 12.1. The van der Waals surface area contributed by atoms with E-state index in [1.807, 2.05) is 0 Å². The minimum absolute atomic E-state index is 0.101. The smallest absolute Gasteiger partial charge is 0.224 e. The first-order chi connectivity index (χ1) is 8.44. The van der Waals surface area contributed by atoms with Crippen molar-refractivity contribution in [2.75, 3.05) is 19.6 Å². The number of hydrogen-bond donors (Lipinski definition) is 1. The second-order valence-corrected chi connectivity index (χ2v) is 7.13. The Hall–Kier alpha value is -0.570. The van der Waals surface area contributed by atoms with Gasteiger partial charge in [0, 0.05) is 18.6 Å². The van der Waals surface area contributed by atoms with Crippen molar-refractivity contribution in [3.05, 3.63) is 0 Å². The normalized spacial score (nSPS) is 26.7. The van der Waals surface area contributed by atoms with Gasteiger partial charge >= 0.3 is 0 Å². The minimum Gasteiger partial charge on any atom is -0.351 e. The van der Waals surface area contributed by atoms with Gasteiger partial charge < -0.3 is 10.2 Å². The fourth-order valence-corrected chi connectivity index (χ4v) is 3.24. The third-order valence-corrected chi connectivity index (χ3v) is 4.13. The van der Waals surface area contributed by atoms with E-state index in [1.54, 1.807) is 0 Å². The van der Waals surface area contributed by atoms with Crippen LogP contribution in [0.3, 0.4) is 0 Å². The maximum Gasteiger partial charge on any atom is 0.224 e. The summed E-state index contributed by atoms with van der Waals surface area (Å²) >= 11 is 0. The molecule has 0 bridgehead atoms. The Bertz CT molecular complexity index is 289. The van der Waals surface area contributed by atoms with Crippen LogP contribution in [0.5, 0.6) is 0 Å². The summed E-state index contributed by atoms with van der Waals surface area (Å²) in [6, 6.07) is 0. The molecule has 1 aliphatic heterocycles. The molecule has 0 spiro atoms. The molecule has 18 heavy (non-hydrogen) atoms. The molecule has 2 fully saturated rings. The van der Waals surface area contributed by atoms with Gasteiger partial charge in [-0.25, -0.2) is 0 Å². The largest absolute Gasteiger partial charge is 0.351 e. The van der Waals surface area contributed by atoms with Crippen molar-refractivity contribution < 1.29 is 4.79 Å². The van der Waals surface area contributed by atoms with Crippen LogP contribution in [0.4, 0.5) is 0 Å². The number of rotatable bonds is 3. The van der Waals surface area contributed by atoms with Crippen LogP contribution in [-0.4, -0.2) is 36.0 Å². The molecule has 1 atom stereocenters. The predicted molar refractivity (Wildman–Crippen MR) is 74.4 cm³/mol. The van der Waals surface area contributed by atoms with E-state index in [9.17, 15) is 4.79 Å². The SMILES string of the molecule is CC(C)(C)NC(=O)C1CCN(CC2CCCC2)C1. The van der Waals surface area contributed by atoms with Crippen molar-refractivity contribution >= 4 is 5.91 Å². The number of likely N-dealkylation sites (tertiary alicyclic amines) is 1. The summed E-state index contributed by atoms with van der Waals surface area (Å²) in [5.74, 6) is 1.36. The van der Waals surface area contributed by atoms with Gasteiger partial charge in [-0.05, 0) is 52.5 Å². The summed E-state index contributed by atoms with van der Waals surface area (Å²) in [6.45, 7) is 9.46. The molecule has 1 N–H and O–H groups in total. The predicted octanol–water partition coefficient (Wildman–Crippen LogP) is 2.41. The average Bonchev–Trinajstić information content (AvgIpc) is 2.86. The van der Waals surface area contributed by atoms with E-state index in [4.69, 9.17) is 0 Å². The Balaban J connectivity index is 1.75. The minimum atomic E-state index is -0.101.